The molecule has 0 aliphatic carbocycles. The van der Waals surface area contributed by atoms with E-state index in [1.54, 1.807) is 31.2 Å². The summed E-state index contributed by atoms with van der Waals surface area (Å²) in [5.41, 5.74) is 0.306. The predicted octanol–water partition coefficient (Wildman–Crippen LogP) is 3.62. The summed E-state index contributed by atoms with van der Waals surface area (Å²) >= 11 is 6.18. The Morgan fingerprint density at radius 3 is 2.57 bits per heavy atom. The summed E-state index contributed by atoms with van der Waals surface area (Å²) in [6.07, 6.45) is 0.671. The van der Waals surface area contributed by atoms with Gasteiger partial charge in [0.1, 0.15) is 29.1 Å². The fourth-order valence-electron chi connectivity index (χ4n) is 3.53. The number of carbonyl (C=O) groups is 2. The average Bonchev–Trinajstić information content (AvgIpc) is 3.23. The second-order valence-electron chi connectivity index (χ2n) is 7.45. The third-order valence-corrected chi connectivity index (χ3v) is 5.30. The number of halogens is 1. The van der Waals surface area contributed by atoms with Crippen LogP contribution in [0.25, 0.3) is 5.76 Å². The maximum absolute atomic E-state index is 12.9. The standard InChI is InChI=1S/C22H25ClN2O5/c1-13-6-8-17(30-13)19-18(20(26)14-7-9-16(29-4)15(23)12-14)21(27)22(28)25(19)11-5-10-24(2)3/h6-9,12,19,26H,5,10-11H2,1-4H3/t19-/m1/s1. The van der Waals surface area contributed by atoms with E-state index in [9.17, 15) is 14.7 Å². The highest BCUT2D eigenvalue weighted by molar-refractivity contribution is 6.46. The van der Waals surface area contributed by atoms with Crippen molar-refractivity contribution in [3.63, 3.8) is 0 Å². The Morgan fingerprint density at radius 1 is 1.27 bits per heavy atom. The van der Waals surface area contributed by atoms with Crippen molar-refractivity contribution in [1.29, 1.82) is 0 Å². The van der Waals surface area contributed by atoms with Gasteiger partial charge in [-0.25, -0.2) is 0 Å². The highest BCUT2D eigenvalue weighted by Gasteiger charge is 2.47. The van der Waals surface area contributed by atoms with Gasteiger partial charge in [-0.1, -0.05) is 11.6 Å². The fraction of sp³-hybridized carbons (Fsp3) is 0.364. The molecule has 8 heteroatoms. The van der Waals surface area contributed by atoms with E-state index in [0.29, 0.717) is 35.8 Å². The first kappa shape index (κ1) is 21.9. The number of aliphatic hydroxyl groups is 1. The van der Waals surface area contributed by atoms with Crippen LogP contribution < -0.4 is 4.74 Å². The molecule has 1 aliphatic heterocycles. The van der Waals surface area contributed by atoms with Crippen molar-refractivity contribution in [3.05, 3.63) is 58.0 Å². The number of likely N-dealkylation sites (tertiary alicyclic amines) is 1. The molecule has 1 aliphatic rings. The molecular formula is C22H25ClN2O5. The summed E-state index contributed by atoms with van der Waals surface area (Å²) in [7, 11) is 5.36. The van der Waals surface area contributed by atoms with Crippen LogP contribution in [0.5, 0.6) is 5.75 Å². The van der Waals surface area contributed by atoms with Gasteiger partial charge in [0.2, 0.25) is 0 Å². The summed E-state index contributed by atoms with van der Waals surface area (Å²) in [5.74, 6) is -0.186. The highest BCUT2D eigenvalue weighted by atomic mass is 35.5. The third kappa shape index (κ3) is 4.22. The number of hydrogen-bond donors (Lipinski definition) is 1. The van der Waals surface area contributed by atoms with Crippen molar-refractivity contribution >= 4 is 29.1 Å². The van der Waals surface area contributed by atoms with Gasteiger partial charge in [-0.2, -0.15) is 0 Å². The van der Waals surface area contributed by atoms with Gasteiger partial charge in [-0.3, -0.25) is 9.59 Å². The number of nitrogens with zero attached hydrogens (tertiary/aromatic N) is 2. The van der Waals surface area contributed by atoms with Gasteiger partial charge in [0, 0.05) is 12.1 Å². The zero-order chi connectivity index (χ0) is 22.0. The minimum absolute atomic E-state index is 0.0135. The van der Waals surface area contributed by atoms with Crippen LogP contribution >= 0.6 is 11.6 Å². The lowest BCUT2D eigenvalue weighted by Crippen LogP contribution is -2.32. The molecule has 160 valence electrons. The Hall–Kier alpha value is -2.77. The number of aryl methyl sites for hydroxylation is 1. The first-order chi connectivity index (χ1) is 14.2. The normalized spacial score (nSPS) is 18.5. The van der Waals surface area contributed by atoms with Gasteiger partial charge in [-0.05, 0) is 64.3 Å². The number of methoxy groups -OCH3 is 1. The van der Waals surface area contributed by atoms with E-state index in [4.69, 9.17) is 20.8 Å². The quantitative estimate of drug-likeness (QED) is 0.408. The first-order valence-corrected chi connectivity index (χ1v) is 9.95. The van der Waals surface area contributed by atoms with Gasteiger partial charge < -0.3 is 24.1 Å². The monoisotopic (exact) mass is 432 g/mol. The number of aliphatic hydroxyl groups excluding tert-OH is 1. The van der Waals surface area contributed by atoms with Crippen molar-refractivity contribution in [2.24, 2.45) is 0 Å². The van der Waals surface area contributed by atoms with Crippen molar-refractivity contribution in [2.75, 3.05) is 34.3 Å². The number of furan rings is 1. The second-order valence-corrected chi connectivity index (χ2v) is 7.85. The molecule has 30 heavy (non-hydrogen) atoms. The maximum Gasteiger partial charge on any atom is 0.295 e. The van der Waals surface area contributed by atoms with Crippen LogP contribution in [0.1, 0.15) is 29.5 Å². The van der Waals surface area contributed by atoms with E-state index in [1.807, 2.05) is 19.0 Å². The topological polar surface area (TPSA) is 83.2 Å². The van der Waals surface area contributed by atoms with E-state index in [0.717, 1.165) is 6.54 Å². The first-order valence-electron chi connectivity index (χ1n) is 9.58. The van der Waals surface area contributed by atoms with Gasteiger partial charge in [0.05, 0.1) is 17.7 Å². The molecule has 0 bridgehead atoms. The molecule has 1 fully saturated rings. The summed E-state index contributed by atoms with van der Waals surface area (Å²) in [4.78, 5) is 29.2. The minimum Gasteiger partial charge on any atom is -0.507 e. The number of ketones is 1. The molecule has 2 aromatic rings. The number of carbonyl (C=O) groups excluding carboxylic acids is 2. The van der Waals surface area contributed by atoms with Crippen LogP contribution in [0.3, 0.4) is 0 Å². The molecule has 2 heterocycles. The van der Waals surface area contributed by atoms with Crippen molar-refractivity contribution in [2.45, 2.75) is 19.4 Å². The molecule has 1 atom stereocenters. The number of hydrogen-bond acceptors (Lipinski definition) is 6. The lowest BCUT2D eigenvalue weighted by Gasteiger charge is -2.24. The largest absolute Gasteiger partial charge is 0.507 e. The Balaban J connectivity index is 2.08. The van der Waals surface area contributed by atoms with E-state index in [-0.39, 0.29) is 16.4 Å². The molecule has 7 nitrogen and oxygen atoms in total. The summed E-state index contributed by atoms with van der Waals surface area (Å²) in [6, 6.07) is 7.36. The average molecular weight is 433 g/mol. The second kappa shape index (κ2) is 8.93. The van der Waals surface area contributed by atoms with Crippen LogP contribution in [-0.2, 0) is 9.59 Å². The molecule has 0 saturated carbocycles. The van der Waals surface area contributed by atoms with E-state index >= 15 is 0 Å². The van der Waals surface area contributed by atoms with Gasteiger partial charge >= 0.3 is 0 Å². The zero-order valence-corrected chi connectivity index (χ0v) is 18.2. The van der Waals surface area contributed by atoms with Gasteiger partial charge in [0.15, 0.2) is 0 Å². The van der Waals surface area contributed by atoms with Crippen LogP contribution in [-0.4, -0.2) is 60.9 Å². The molecule has 1 amide bonds. The summed E-state index contributed by atoms with van der Waals surface area (Å²) < 4.78 is 10.9. The summed E-state index contributed by atoms with van der Waals surface area (Å²) in [5, 5.41) is 11.3. The maximum atomic E-state index is 12.9. The lowest BCUT2D eigenvalue weighted by atomic mass is 9.99. The molecular weight excluding hydrogens is 408 g/mol. The Kier molecular flexibility index (Phi) is 6.53. The highest BCUT2D eigenvalue weighted by Crippen LogP contribution is 2.40. The Bertz CT molecular complexity index is 995. The molecule has 1 saturated heterocycles. The van der Waals surface area contributed by atoms with Crippen molar-refractivity contribution in [3.8, 4) is 5.75 Å². The zero-order valence-electron chi connectivity index (χ0n) is 17.4. The molecule has 0 unspecified atom stereocenters. The minimum atomic E-state index is -0.804. The summed E-state index contributed by atoms with van der Waals surface area (Å²) in [6.45, 7) is 2.89. The number of rotatable bonds is 7. The molecule has 1 aromatic carbocycles. The van der Waals surface area contributed by atoms with E-state index < -0.39 is 17.7 Å². The van der Waals surface area contributed by atoms with Crippen LogP contribution in [0, 0.1) is 6.92 Å². The Labute approximate surface area is 180 Å². The van der Waals surface area contributed by atoms with E-state index in [1.165, 1.54) is 18.1 Å². The van der Waals surface area contributed by atoms with Crippen LogP contribution in [0.2, 0.25) is 5.02 Å². The van der Waals surface area contributed by atoms with Crippen molar-refractivity contribution in [1.82, 2.24) is 9.80 Å². The molecule has 1 aromatic heterocycles. The molecule has 0 radical (unpaired) electrons. The number of ether oxygens (including phenoxy) is 1. The van der Waals surface area contributed by atoms with Gasteiger partial charge in [-0.15, -0.1) is 0 Å². The van der Waals surface area contributed by atoms with Crippen LogP contribution in [0.15, 0.2) is 40.3 Å². The third-order valence-electron chi connectivity index (χ3n) is 5.00. The number of amides is 1. The lowest BCUT2D eigenvalue weighted by molar-refractivity contribution is -0.140. The van der Waals surface area contributed by atoms with E-state index in [2.05, 4.69) is 0 Å². The molecule has 3 rings (SSSR count). The predicted molar refractivity (Wildman–Crippen MR) is 114 cm³/mol. The van der Waals surface area contributed by atoms with Gasteiger partial charge in [0.25, 0.3) is 11.7 Å². The Morgan fingerprint density at radius 2 is 2.00 bits per heavy atom. The number of Topliss-reactive ketones (excluding diaryl/α,β-unsaturated/α-hetero) is 1. The molecule has 1 N–H and O–H groups in total. The van der Waals surface area contributed by atoms with Crippen LogP contribution in [0.4, 0.5) is 0 Å². The smallest absolute Gasteiger partial charge is 0.295 e. The molecule has 0 spiro atoms. The number of benzene rings is 1. The van der Waals surface area contributed by atoms with Crippen molar-refractivity contribution < 1.29 is 23.8 Å². The fourth-order valence-corrected chi connectivity index (χ4v) is 3.79. The SMILES string of the molecule is COc1ccc(C(O)=C2C(=O)C(=O)N(CCCN(C)C)[C@@H]2c2ccc(C)o2)cc1Cl.